The van der Waals surface area contributed by atoms with Crippen LogP contribution in [-0.4, -0.2) is 64.8 Å². The van der Waals surface area contributed by atoms with E-state index in [1.54, 1.807) is 4.90 Å². The lowest BCUT2D eigenvalue weighted by Crippen LogP contribution is -2.49. The van der Waals surface area contributed by atoms with E-state index < -0.39 is 34.1 Å². The average Bonchev–Trinajstić information content (AvgIpc) is 2.91. The van der Waals surface area contributed by atoms with Gasteiger partial charge in [0.2, 0.25) is 0 Å². The number of piperazine rings is 1. The monoisotopic (exact) mass is 626 g/mol. The SMILES string of the molecule is O=[N+]([O-])c1ccc(O[C@H]2CC[C@H](OCC(=S)N3CCN(c4ncc(C(F)(F)F)cc4Cl)CC3)CC2)cc1C(F)(F)F. The topological polar surface area (TPSA) is 81.0 Å². The Morgan fingerprint density at radius 3 is 2.22 bits per heavy atom. The third-order valence-corrected chi connectivity index (χ3v) is 7.57. The summed E-state index contributed by atoms with van der Waals surface area (Å²) < 4.78 is 90.0. The third-order valence-electron chi connectivity index (χ3n) is 6.92. The highest BCUT2D eigenvalue weighted by Gasteiger charge is 2.39. The summed E-state index contributed by atoms with van der Waals surface area (Å²) in [5.74, 6) is 0.198. The van der Waals surface area contributed by atoms with Gasteiger partial charge in [0.15, 0.2) is 0 Å². The van der Waals surface area contributed by atoms with Crippen molar-refractivity contribution < 1.29 is 40.7 Å². The van der Waals surface area contributed by atoms with Gasteiger partial charge in [-0.25, -0.2) is 4.98 Å². The number of nitro groups is 1. The van der Waals surface area contributed by atoms with Gasteiger partial charge in [-0.1, -0.05) is 23.8 Å². The molecule has 16 heteroatoms. The van der Waals surface area contributed by atoms with Crippen molar-refractivity contribution in [2.45, 2.75) is 50.2 Å². The number of hydrogen-bond donors (Lipinski definition) is 0. The Kier molecular flexibility index (Phi) is 9.49. The van der Waals surface area contributed by atoms with Gasteiger partial charge < -0.3 is 19.3 Å². The van der Waals surface area contributed by atoms with Crippen LogP contribution in [0.4, 0.5) is 37.8 Å². The Balaban J connectivity index is 1.21. The molecule has 4 rings (SSSR count). The van der Waals surface area contributed by atoms with Crippen LogP contribution in [-0.2, 0) is 17.1 Å². The molecule has 1 saturated carbocycles. The molecule has 1 aromatic carbocycles. The molecule has 1 aliphatic carbocycles. The fourth-order valence-corrected chi connectivity index (χ4v) is 5.29. The molecular weight excluding hydrogens is 602 g/mol. The van der Waals surface area contributed by atoms with Gasteiger partial charge >= 0.3 is 12.4 Å². The summed E-state index contributed by atoms with van der Waals surface area (Å²) in [6, 6.07) is 3.47. The van der Waals surface area contributed by atoms with E-state index in [0.29, 0.717) is 62.9 Å². The number of anilines is 1. The van der Waals surface area contributed by atoms with E-state index in [-0.39, 0.29) is 35.4 Å². The van der Waals surface area contributed by atoms with E-state index in [2.05, 4.69) is 4.98 Å². The smallest absolute Gasteiger partial charge is 0.423 e. The summed E-state index contributed by atoms with van der Waals surface area (Å²) >= 11 is 11.6. The normalized spacial score (nSPS) is 20.2. The van der Waals surface area contributed by atoms with Crippen LogP contribution in [0.2, 0.25) is 5.02 Å². The van der Waals surface area contributed by atoms with Crippen molar-refractivity contribution in [3.8, 4) is 5.75 Å². The molecule has 224 valence electrons. The number of halogens is 7. The molecule has 2 heterocycles. The first-order chi connectivity index (χ1) is 19.2. The predicted molar refractivity (Wildman–Crippen MR) is 141 cm³/mol. The third kappa shape index (κ3) is 7.89. The van der Waals surface area contributed by atoms with Gasteiger partial charge in [-0.3, -0.25) is 10.1 Å². The second-order valence-corrected chi connectivity index (χ2v) is 10.5. The molecule has 8 nitrogen and oxygen atoms in total. The zero-order valence-corrected chi connectivity index (χ0v) is 23.0. The minimum absolute atomic E-state index is 0.0758. The Bertz CT molecular complexity index is 1270. The van der Waals surface area contributed by atoms with Crippen molar-refractivity contribution >= 4 is 40.3 Å². The fourth-order valence-electron chi connectivity index (χ4n) is 4.75. The van der Waals surface area contributed by atoms with Crippen LogP contribution in [0, 0.1) is 10.1 Å². The standard InChI is InChI=1S/C25H25ClF6N4O4S/c26-20-11-15(24(27,28)29)13-33-23(20)35-9-7-34(8-10-35)22(41)14-39-16-1-3-17(4-2-16)40-18-5-6-21(36(37)38)19(12-18)25(30,31)32/h5-6,11-13,16-17H,1-4,7-10,14H2/t16-,17-. The molecule has 1 saturated heterocycles. The minimum Gasteiger partial charge on any atom is -0.490 e. The van der Waals surface area contributed by atoms with Crippen molar-refractivity contribution in [3.05, 3.63) is 56.7 Å². The number of benzene rings is 1. The maximum Gasteiger partial charge on any atom is 0.423 e. The van der Waals surface area contributed by atoms with Crippen LogP contribution in [0.3, 0.4) is 0 Å². The van der Waals surface area contributed by atoms with Gasteiger partial charge in [0.25, 0.3) is 5.69 Å². The maximum absolute atomic E-state index is 13.2. The Hall–Kier alpha value is -2.91. The lowest BCUT2D eigenvalue weighted by Gasteiger charge is -2.37. The molecular formula is C25H25ClF6N4O4S. The molecule has 0 amide bonds. The number of rotatable bonds is 7. The van der Waals surface area contributed by atoms with E-state index in [1.165, 1.54) is 0 Å². The van der Waals surface area contributed by atoms with E-state index in [9.17, 15) is 36.5 Å². The van der Waals surface area contributed by atoms with Crippen molar-refractivity contribution in [1.82, 2.24) is 9.88 Å². The summed E-state index contributed by atoms with van der Waals surface area (Å²) in [6.07, 6.45) is -6.89. The molecule has 2 aromatic rings. The molecule has 1 aliphatic heterocycles. The van der Waals surface area contributed by atoms with E-state index >= 15 is 0 Å². The molecule has 41 heavy (non-hydrogen) atoms. The molecule has 0 atom stereocenters. The minimum atomic E-state index is -4.88. The van der Waals surface area contributed by atoms with Crippen LogP contribution < -0.4 is 9.64 Å². The number of thiocarbonyl (C=S) groups is 1. The Morgan fingerprint density at radius 1 is 1.02 bits per heavy atom. The highest BCUT2D eigenvalue weighted by Crippen LogP contribution is 2.39. The average molecular weight is 627 g/mol. The second-order valence-electron chi connectivity index (χ2n) is 9.66. The van der Waals surface area contributed by atoms with Crippen LogP contribution in [0.5, 0.6) is 5.75 Å². The van der Waals surface area contributed by atoms with Crippen molar-refractivity contribution in [2.24, 2.45) is 0 Å². The first-order valence-corrected chi connectivity index (χ1v) is 13.4. The highest BCUT2D eigenvalue weighted by atomic mass is 35.5. The Morgan fingerprint density at radius 2 is 1.66 bits per heavy atom. The maximum atomic E-state index is 13.2. The molecule has 0 unspecified atom stereocenters. The molecule has 0 radical (unpaired) electrons. The molecule has 0 spiro atoms. The summed E-state index contributed by atoms with van der Waals surface area (Å²) in [5, 5.41) is 10.9. The summed E-state index contributed by atoms with van der Waals surface area (Å²) in [7, 11) is 0. The van der Waals surface area contributed by atoms with Gasteiger partial charge in [0.05, 0.1) is 34.3 Å². The van der Waals surface area contributed by atoms with Crippen molar-refractivity contribution in [3.63, 3.8) is 0 Å². The van der Waals surface area contributed by atoms with Crippen molar-refractivity contribution in [1.29, 1.82) is 0 Å². The first-order valence-electron chi connectivity index (χ1n) is 12.6. The largest absolute Gasteiger partial charge is 0.490 e. The van der Waals surface area contributed by atoms with Crippen LogP contribution in [0.25, 0.3) is 0 Å². The zero-order chi connectivity index (χ0) is 29.9. The van der Waals surface area contributed by atoms with E-state index in [1.807, 2.05) is 4.90 Å². The molecule has 0 bridgehead atoms. The Labute approximate surface area is 241 Å². The van der Waals surface area contributed by atoms with Gasteiger partial charge in [-0.05, 0) is 43.9 Å². The summed E-state index contributed by atoms with van der Waals surface area (Å²) in [5.41, 5.74) is -3.30. The molecule has 2 aliphatic rings. The zero-order valence-electron chi connectivity index (χ0n) is 21.4. The van der Waals surface area contributed by atoms with E-state index in [0.717, 1.165) is 24.4 Å². The molecule has 1 aromatic heterocycles. The quantitative estimate of drug-likeness (QED) is 0.148. The number of alkyl halides is 6. The van der Waals surface area contributed by atoms with Crippen LogP contribution in [0.1, 0.15) is 36.8 Å². The van der Waals surface area contributed by atoms with E-state index in [4.69, 9.17) is 33.3 Å². The van der Waals surface area contributed by atoms with Crippen molar-refractivity contribution in [2.75, 3.05) is 37.7 Å². The van der Waals surface area contributed by atoms with Gasteiger partial charge in [-0.15, -0.1) is 0 Å². The number of pyridine rings is 1. The number of nitro benzene ring substituents is 1. The predicted octanol–water partition coefficient (Wildman–Crippen LogP) is 6.54. The lowest BCUT2D eigenvalue weighted by molar-refractivity contribution is -0.388. The highest BCUT2D eigenvalue weighted by molar-refractivity contribution is 7.80. The van der Waals surface area contributed by atoms with Crippen LogP contribution in [0.15, 0.2) is 30.5 Å². The number of aromatic nitrogens is 1. The van der Waals surface area contributed by atoms with Gasteiger partial charge in [-0.2, -0.15) is 26.3 Å². The first kappa shape index (κ1) is 31.0. The number of nitrogens with zero attached hydrogens (tertiary/aromatic N) is 4. The second kappa shape index (κ2) is 12.5. The summed E-state index contributed by atoms with van der Waals surface area (Å²) in [6.45, 7) is 2.13. The van der Waals surface area contributed by atoms with Gasteiger partial charge in [0, 0.05) is 38.4 Å². The van der Waals surface area contributed by atoms with Crippen LogP contribution >= 0.6 is 23.8 Å². The molecule has 2 fully saturated rings. The van der Waals surface area contributed by atoms with Gasteiger partial charge in [0.1, 0.15) is 22.1 Å². The number of ether oxygens (including phenoxy) is 2. The number of hydrogen-bond acceptors (Lipinski definition) is 7. The lowest BCUT2D eigenvalue weighted by atomic mass is 9.95. The molecule has 0 N–H and O–H groups in total. The fraction of sp³-hybridized carbons (Fsp3) is 0.520. The summed E-state index contributed by atoms with van der Waals surface area (Å²) in [4.78, 5) is 18.1.